The third-order valence-corrected chi connectivity index (χ3v) is 3.85. The van der Waals surface area contributed by atoms with Gasteiger partial charge in [-0.1, -0.05) is 22.0 Å². The van der Waals surface area contributed by atoms with Gasteiger partial charge in [0.05, 0.1) is 13.2 Å². The van der Waals surface area contributed by atoms with E-state index in [2.05, 4.69) is 15.9 Å². The molecule has 112 valence electrons. The van der Waals surface area contributed by atoms with Crippen LogP contribution < -0.4 is 9.47 Å². The zero-order valence-electron chi connectivity index (χ0n) is 11.8. The summed E-state index contributed by atoms with van der Waals surface area (Å²) in [6.07, 6.45) is -0.707. The minimum atomic E-state index is -0.707. The second-order valence-electron chi connectivity index (χ2n) is 4.61. The molecular weight excluding hydrogens is 339 g/mol. The van der Waals surface area contributed by atoms with Crippen molar-refractivity contribution >= 4 is 15.9 Å². The summed E-state index contributed by atoms with van der Waals surface area (Å²) in [7, 11) is 1.59. The molecule has 0 aliphatic carbocycles. The zero-order chi connectivity index (χ0) is 15.4. The molecule has 0 heterocycles. The van der Waals surface area contributed by atoms with E-state index in [-0.39, 0.29) is 12.4 Å². The van der Waals surface area contributed by atoms with Gasteiger partial charge in [0.2, 0.25) is 0 Å². The second kappa shape index (κ2) is 6.91. The highest BCUT2D eigenvalue weighted by Crippen LogP contribution is 2.26. The van der Waals surface area contributed by atoms with Crippen LogP contribution in [0.15, 0.2) is 40.9 Å². The van der Waals surface area contributed by atoms with E-state index in [1.807, 2.05) is 18.2 Å². The smallest absolute Gasteiger partial charge is 0.165 e. The fraction of sp³-hybridized carbons (Fsp3) is 0.250. The fourth-order valence-corrected chi connectivity index (χ4v) is 2.20. The lowest BCUT2D eigenvalue weighted by molar-refractivity contribution is 0.198. The Balaban J connectivity index is 2.13. The zero-order valence-corrected chi connectivity index (χ0v) is 13.4. The summed E-state index contributed by atoms with van der Waals surface area (Å²) in [6.45, 7) is 1.80. The molecule has 0 spiro atoms. The van der Waals surface area contributed by atoms with Crippen molar-refractivity contribution in [3.63, 3.8) is 0 Å². The molecule has 0 aliphatic heterocycles. The molecule has 0 aromatic heterocycles. The van der Waals surface area contributed by atoms with Crippen LogP contribution in [0.5, 0.6) is 11.5 Å². The quantitative estimate of drug-likeness (QED) is 0.873. The summed E-state index contributed by atoms with van der Waals surface area (Å²) in [5, 5.41) is 9.41. The predicted octanol–water partition coefficient (Wildman–Crippen LogP) is 4.23. The number of rotatable bonds is 5. The van der Waals surface area contributed by atoms with Gasteiger partial charge in [-0.05, 0) is 42.8 Å². The Morgan fingerprint density at radius 1 is 1.24 bits per heavy atom. The SMILES string of the molecule is COc1ccc(Br)c(COc2ccc([C@H](C)O)cc2F)c1. The topological polar surface area (TPSA) is 38.7 Å². The number of aliphatic hydroxyl groups is 1. The lowest BCUT2D eigenvalue weighted by atomic mass is 10.1. The number of methoxy groups -OCH3 is 1. The van der Waals surface area contributed by atoms with E-state index in [9.17, 15) is 9.50 Å². The Hall–Kier alpha value is -1.59. The van der Waals surface area contributed by atoms with E-state index in [0.29, 0.717) is 11.3 Å². The predicted molar refractivity (Wildman–Crippen MR) is 82.1 cm³/mol. The van der Waals surface area contributed by atoms with Crippen LogP contribution in [0.25, 0.3) is 0 Å². The van der Waals surface area contributed by atoms with Crippen molar-refractivity contribution < 1.29 is 19.0 Å². The molecule has 0 unspecified atom stereocenters. The standard InChI is InChI=1S/C16H16BrFO3/c1-10(19)11-3-6-16(15(18)8-11)21-9-12-7-13(20-2)4-5-14(12)17/h3-8,10,19H,9H2,1-2H3/t10-/m0/s1. The van der Waals surface area contributed by atoms with E-state index < -0.39 is 11.9 Å². The third kappa shape index (κ3) is 3.95. The van der Waals surface area contributed by atoms with E-state index in [0.717, 1.165) is 10.0 Å². The van der Waals surface area contributed by atoms with Crippen LogP contribution >= 0.6 is 15.9 Å². The molecule has 21 heavy (non-hydrogen) atoms. The van der Waals surface area contributed by atoms with E-state index in [1.54, 1.807) is 20.1 Å². The van der Waals surface area contributed by atoms with Crippen LogP contribution in [-0.4, -0.2) is 12.2 Å². The minimum Gasteiger partial charge on any atom is -0.497 e. The second-order valence-corrected chi connectivity index (χ2v) is 5.47. The Morgan fingerprint density at radius 2 is 2.00 bits per heavy atom. The molecule has 0 fully saturated rings. The summed E-state index contributed by atoms with van der Waals surface area (Å²) in [4.78, 5) is 0. The van der Waals surface area contributed by atoms with Crippen LogP contribution in [0, 0.1) is 5.82 Å². The maximum absolute atomic E-state index is 13.9. The van der Waals surface area contributed by atoms with E-state index in [4.69, 9.17) is 9.47 Å². The van der Waals surface area contributed by atoms with Crippen molar-refractivity contribution in [2.75, 3.05) is 7.11 Å². The first-order chi connectivity index (χ1) is 10.0. The van der Waals surface area contributed by atoms with Crippen LogP contribution in [0.4, 0.5) is 4.39 Å². The fourth-order valence-electron chi connectivity index (χ4n) is 1.84. The minimum absolute atomic E-state index is 0.147. The number of aliphatic hydroxyl groups excluding tert-OH is 1. The Morgan fingerprint density at radius 3 is 2.62 bits per heavy atom. The molecule has 0 aliphatic rings. The van der Waals surface area contributed by atoms with Crippen LogP contribution in [0.2, 0.25) is 0 Å². The van der Waals surface area contributed by atoms with E-state index >= 15 is 0 Å². The monoisotopic (exact) mass is 354 g/mol. The molecule has 1 N–H and O–H groups in total. The van der Waals surface area contributed by atoms with Gasteiger partial charge in [-0.2, -0.15) is 0 Å². The summed E-state index contributed by atoms with van der Waals surface area (Å²) in [5.41, 5.74) is 1.37. The average molecular weight is 355 g/mol. The molecule has 0 bridgehead atoms. The highest BCUT2D eigenvalue weighted by atomic mass is 79.9. The Bertz CT molecular complexity index is 629. The maximum Gasteiger partial charge on any atom is 0.165 e. The Labute approximate surface area is 131 Å². The molecule has 5 heteroatoms. The highest BCUT2D eigenvalue weighted by Gasteiger charge is 2.09. The van der Waals surface area contributed by atoms with Crippen molar-refractivity contribution in [1.82, 2.24) is 0 Å². The Kier molecular flexibility index (Phi) is 5.20. The van der Waals surface area contributed by atoms with Crippen molar-refractivity contribution in [2.24, 2.45) is 0 Å². The van der Waals surface area contributed by atoms with Gasteiger partial charge in [-0.3, -0.25) is 0 Å². The van der Waals surface area contributed by atoms with Crippen LogP contribution in [0.1, 0.15) is 24.2 Å². The molecular formula is C16H16BrFO3. The van der Waals surface area contributed by atoms with Crippen molar-refractivity contribution in [1.29, 1.82) is 0 Å². The summed E-state index contributed by atoms with van der Waals surface area (Å²) in [5.74, 6) is 0.364. The molecule has 0 saturated heterocycles. The van der Waals surface area contributed by atoms with E-state index in [1.165, 1.54) is 12.1 Å². The lowest BCUT2D eigenvalue weighted by Gasteiger charge is -2.12. The number of halogens is 2. The number of hydrogen-bond donors (Lipinski definition) is 1. The van der Waals surface area contributed by atoms with Crippen LogP contribution in [-0.2, 0) is 6.61 Å². The average Bonchev–Trinajstić information content (AvgIpc) is 2.47. The van der Waals surface area contributed by atoms with Gasteiger partial charge >= 0.3 is 0 Å². The molecule has 0 radical (unpaired) electrons. The summed E-state index contributed by atoms with van der Waals surface area (Å²) < 4.78 is 25.4. The largest absolute Gasteiger partial charge is 0.497 e. The van der Waals surface area contributed by atoms with Gasteiger partial charge in [-0.15, -0.1) is 0 Å². The number of hydrogen-bond acceptors (Lipinski definition) is 3. The van der Waals surface area contributed by atoms with Gasteiger partial charge in [0.1, 0.15) is 12.4 Å². The first-order valence-electron chi connectivity index (χ1n) is 6.44. The molecule has 2 aromatic rings. The van der Waals surface area contributed by atoms with Gasteiger partial charge < -0.3 is 14.6 Å². The third-order valence-electron chi connectivity index (χ3n) is 3.07. The summed E-state index contributed by atoms with van der Waals surface area (Å²) in [6, 6.07) is 9.94. The number of benzene rings is 2. The molecule has 1 atom stereocenters. The van der Waals surface area contributed by atoms with Gasteiger partial charge in [0, 0.05) is 10.0 Å². The molecule has 0 saturated carbocycles. The number of ether oxygens (including phenoxy) is 2. The highest BCUT2D eigenvalue weighted by molar-refractivity contribution is 9.10. The van der Waals surface area contributed by atoms with Crippen LogP contribution in [0.3, 0.4) is 0 Å². The molecule has 3 nitrogen and oxygen atoms in total. The van der Waals surface area contributed by atoms with Gasteiger partial charge in [0.25, 0.3) is 0 Å². The molecule has 2 rings (SSSR count). The van der Waals surface area contributed by atoms with Crippen molar-refractivity contribution in [3.8, 4) is 11.5 Å². The first-order valence-corrected chi connectivity index (χ1v) is 7.23. The molecule has 0 amide bonds. The first kappa shape index (κ1) is 15.8. The lowest BCUT2D eigenvalue weighted by Crippen LogP contribution is -2.00. The normalized spacial score (nSPS) is 12.0. The molecule has 2 aromatic carbocycles. The maximum atomic E-state index is 13.9. The van der Waals surface area contributed by atoms with Crippen molar-refractivity contribution in [2.45, 2.75) is 19.6 Å². The summed E-state index contributed by atoms with van der Waals surface area (Å²) >= 11 is 3.42. The van der Waals surface area contributed by atoms with Crippen molar-refractivity contribution in [3.05, 3.63) is 57.8 Å². The van der Waals surface area contributed by atoms with Gasteiger partial charge in [0.15, 0.2) is 11.6 Å². The van der Waals surface area contributed by atoms with Gasteiger partial charge in [-0.25, -0.2) is 4.39 Å².